The van der Waals surface area contributed by atoms with Crippen molar-refractivity contribution in [3.8, 4) is 0 Å². The van der Waals surface area contributed by atoms with Gasteiger partial charge in [-0.25, -0.2) is 14.8 Å². The van der Waals surface area contributed by atoms with Crippen molar-refractivity contribution in [3.63, 3.8) is 0 Å². The lowest BCUT2D eigenvalue weighted by atomic mass is 9.90. The van der Waals surface area contributed by atoms with E-state index in [0.29, 0.717) is 19.0 Å². The minimum Gasteiger partial charge on any atom is -0.444 e. The molecule has 1 N–H and O–H groups in total. The summed E-state index contributed by atoms with van der Waals surface area (Å²) in [5, 5.41) is 2.91. The van der Waals surface area contributed by atoms with Gasteiger partial charge in [-0.3, -0.25) is 4.90 Å². The predicted octanol–water partition coefficient (Wildman–Crippen LogP) is 2.60. The number of rotatable bonds is 4. The average molecular weight is 320 g/mol. The van der Waals surface area contributed by atoms with Crippen LogP contribution >= 0.6 is 0 Å². The van der Waals surface area contributed by atoms with E-state index < -0.39 is 5.60 Å². The lowest BCUT2D eigenvalue weighted by molar-refractivity contribution is 0.0454. The van der Waals surface area contributed by atoms with Crippen molar-refractivity contribution in [1.82, 2.24) is 20.2 Å². The maximum Gasteiger partial charge on any atom is 0.407 e. The first kappa shape index (κ1) is 17.7. The Balaban J connectivity index is 1.93. The quantitative estimate of drug-likeness (QED) is 0.923. The van der Waals surface area contributed by atoms with Crippen molar-refractivity contribution < 1.29 is 9.53 Å². The molecule has 0 aliphatic carbocycles. The molecule has 23 heavy (non-hydrogen) atoms. The van der Waals surface area contributed by atoms with Gasteiger partial charge in [0.1, 0.15) is 11.4 Å². The van der Waals surface area contributed by atoms with Crippen LogP contribution in [0.5, 0.6) is 0 Å². The Hall–Kier alpha value is -1.69. The number of hydrogen-bond acceptors (Lipinski definition) is 5. The summed E-state index contributed by atoms with van der Waals surface area (Å²) in [4.78, 5) is 22.9. The molecule has 6 heteroatoms. The zero-order chi connectivity index (χ0) is 16.9. The number of nitrogens with one attached hydrogen (secondary N) is 1. The summed E-state index contributed by atoms with van der Waals surface area (Å²) >= 11 is 0. The van der Waals surface area contributed by atoms with Crippen molar-refractivity contribution in [1.29, 1.82) is 0 Å². The molecule has 2 heterocycles. The minimum absolute atomic E-state index is 0.278. The number of aromatic nitrogens is 2. The monoisotopic (exact) mass is 320 g/mol. The van der Waals surface area contributed by atoms with Gasteiger partial charge in [0, 0.05) is 25.0 Å². The highest BCUT2D eigenvalue weighted by atomic mass is 16.6. The van der Waals surface area contributed by atoms with E-state index in [2.05, 4.69) is 27.1 Å². The Morgan fingerprint density at radius 1 is 1.39 bits per heavy atom. The zero-order valence-corrected chi connectivity index (χ0v) is 14.6. The summed E-state index contributed by atoms with van der Waals surface area (Å²) < 4.78 is 5.32. The molecule has 0 radical (unpaired) electrons. The van der Waals surface area contributed by atoms with E-state index in [1.54, 1.807) is 12.4 Å². The van der Waals surface area contributed by atoms with Gasteiger partial charge in [-0.15, -0.1) is 0 Å². The van der Waals surface area contributed by atoms with Crippen LogP contribution in [-0.2, 0) is 11.3 Å². The normalized spacial score (nSPS) is 22.6. The predicted molar refractivity (Wildman–Crippen MR) is 88.9 cm³/mol. The first-order chi connectivity index (χ1) is 10.8. The van der Waals surface area contributed by atoms with E-state index in [0.717, 1.165) is 18.8 Å². The van der Waals surface area contributed by atoms with Gasteiger partial charge >= 0.3 is 6.09 Å². The molecule has 1 aliphatic rings. The van der Waals surface area contributed by atoms with E-state index in [1.807, 2.05) is 26.8 Å². The molecule has 0 aromatic carbocycles. The van der Waals surface area contributed by atoms with Crippen molar-refractivity contribution in [2.75, 3.05) is 13.1 Å². The molecule has 0 unspecified atom stereocenters. The largest absolute Gasteiger partial charge is 0.444 e. The van der Waals surface area contributed by atoms with E-state index in [-0.39, 0.29) is 12.1 Å². The number of hydrogen-bond donors (Lipinski definition) is 1. The number of carbonyl (C=O) groups excluding carboxylic acids is 1. The molecule has 2 atom stereocenters. The minimum atomic E-state index is -0.472. The summed E-state index contributed by atoms with van der Waals surface area (Å²) in [7, 11) is 0. The summed E-state index contributed by atoms with van der Waals surface area (Å²) in [6.07, 6.45) is 5.52. The molecule has 6 nitrogen and oxygen atoms in total. The highest BCUT2D eigenvalue weighted by molar-refractivity contribution is 5.67. The molecular weight excluding hydrogens is 292 g/mol. The number of amides is 1. The number of piperidine rings is 1. The van der Waals surface area contributed by atoms with Crippen LogP contribution in [0.2, 0.25) is 0 Å². The fraction of sp³-hybridized carbons (Fsp3) is 0.706. The lowest BCUT2D eigenvalue weighted by Crippen LogP contribution is -2.50. The fourth-order valence-corrected chi connectivity index (χ4v) is 2.96. The Labute approximate surface area is 138 Å². The molecule has 1 aromatic heterocycles. The molecule has 0 saturated carbocycles. The van der Waals surface area contributed by atoms with Crippen molar-refractivity contribution in [3.05, 3.63) is 24.3 Å². The first-order valence-corrected chi connectivity index (χ1v) is 8.32. The number of carbonyl (C=O) groups is 1. The highest BCUT2D eigenvalue weighted by Crippen LogP contribution is 2.24. The van der Waals surface area contributed by atoms with Gasteiger partial charge < -0.3 is 10.1 Å². The van der Waals surface area contributed by atoms with Crippen LogP contribution in [-0.4, -0.2) is 45.7 Å². The van der Waals surface area contributed by atoms with Crippen LogP contribution in [0.15, 0.2) is 18.5 Å². The maximum absolute atomic E-state index is 11.9. The molecular formula is C17H28N4O2. The molecule has 1 aromatic rings. The van der Waals surface area contributed by atoms with Crippen LogP contribution in [0.3, 0.4) is 0 Å². The molecule has 1 saturated heterocycles. The molecule has 0 bridgehead atoms. The molecule has 2 rings (SSSR count). The summed E-state index contributed by atoms with van der Waals surface area (Å²) in [5.74, 6) is 1.34. The number of likely N-dealkylation sites (tertiary alicyclic amines) is 1. The third kappa shape index (κ3) is 5.78. The number of ether oxygens (including phenoxy) is 1. The van der Waals surface area contributed by atoms with E-state index in [9.17, 15) is 4.79 Å². The van der Waals surface area contributed by atoms with Crippen LogP contribution in [0.25, 0.3) is 0 Å². The molecule has 0 spiro atoms. The van der Waals surface area contributed by atoms with Gasteiger partial charge in [-0.1, -0.05) is 6.92 Å². The van der Waals surface area contributed by atoms with Gasteiger partial charge in [0.05, 0.1) is 6.54 Å². The molecule has 1 fully saturated rings. The van der Waals surface area contributed by atoms with E-state index in [4.69, 9.17) is 4.74 Å². The summed E-state index contributed by atoms with van der Waals surface area (Å²) in [5.41, 5.74) is -0.472. The van der Waals surface area contributed by atoms with E-state index >= 15 is 0 Å². The van der Waals surface area contributed by atoms with Crippen LogP contribution in [0, 0.1) is 5.92 Å². The second-order valence-corrected chi connectivity index (χ2v) is 7.21. The first-order valence-electron chi connectivity index (χ1n) is 8.32. The highest BCUT2D eigenvalue weighted by Gasteiger charge is 2.29. The van der Waals surface area contributed by atoms with Crippen molar-refractivity contribution in [2.45, 2.75) is 58.7 Å². The smallest absolute Gasteiger partial charge is 0.407 e. The molecule has 1 aliphatic heterocycles. The van der Waals surface area contributed by atoms with Crippen molar-refractivity contribution >= 4 is 6.09 Å². The Morgan fingerprint density at radius 2 is 2.09 bits per heavy atom. The van der Waals surface area contributed by atoms with Crippen LogP contribution in [0.1, 0.15) is 46.4 Å². The van der Waals surface area contributed by atoms with Gasteiger partial charge in [0.25, 0.3) is 0 Å². The lowest BCUT2D eigenvalue weighted by Gasteiger charge is -2.39. The fourth-order valence-electron chi connectivity index (χ4n) is 2.96. The summed E-state index contributed by atoms with van der Waals surface area (Å²) in [6, 6.07) is 2.10. The maximum atomic E-state index is 11.9. The third-order valence-corrected chi connectivity index (χ3v) is 4.05. The molecule has 1 amide bonds. The Kier molecular flexibility index (Phi) is 5.93. The Morgan fingerprint density at radius 3 is 2.74 bits per heavy atom. The average Bonchev–Trinajstić information content (AvgIpc) is 2.46. The van der Waals surface area contributed by atoms with Gasteiger partial charge in [-0.2, -0.15) is 0 Å². The zero-order valence-electron chi connectivity index (χ0n) is 14.6. The SMILES string of the molecule is C[C@H]1CCCN(Cc2ncccn2)[C@@H]1CNC(=O)OC(C)(C)C. The number of nitrogens with zero attached hydrogens (tertiary/aromatic N) is 3. The summed E-state index contributed by atoms with van der Waals surface area (Å²) in [6.45, 7) is 10.1. The van der Waals surface area contributed by atoms with Gasteiger partial charge in [0.15, 0.2) is 0 Å². The Bertz CT molecular complexity index is 501. The number of alkyl carbamates (subject to hydrolysis) is 1. The van der Waals surface area contributed by atoms with Gasteiger partial charge in [-0.05, 0) is 52.1 Å². The van der Waals surface area contributed by atoms with Gasteiger partial charge in [0.2, 0.25) is 0 Å². The third-order valence-electron chi connectivity index (χ3n) is 4.05. The topological polar surface area (TPSA) is 67.4 Å². The molecule has 128 valence electrons. The second-order valence-electron chi connectivity index (χ2n) is 7.21. The standard InChI is InChI=1S/C17H28N4O2/c1-13-7-5-10-21(12-15-18-8-6-9-19-15)14(13)11-20-16(22)23-17(2,3)4/h6,8-9,13-14H,5,7,10-12H2,1-4H3,(H,20,22)/t13-,14+/m0/s1. The van der Waals surface area contributed by atoms with Crippen LogP contribution < -0.4 is 5.32 Å². The second kappa shape index (κ2) is 7.73. The van der Waals surface area contributed by atoms with E-state index in [1.165, 1.54) is 6.42 Å². The van der Waals surface area contributed by atoms with Crippen LogP contribution in [0.4, 0.5) is 4.79 Å². The van der Waals surface area contributed by atoms with Crippen molar-refractivity contribution in [2.24, 2.45) is 5.92 Å².